The van der Waals surface area contributed by atoms with Crippen molar-refractivity contribution >= 4 is 44.7 Å². The lowest BCUT2D eigenvalue weighted by Gasteiger charge is -2.29. The first kappa shape index (κ1) is 28.7. The van der Waals surface area contributed by atoms with Crippen LogP contribution in [0.1, 0.15) is 28.2 Å². The molecule has 0 radical (unpaired) electrons. The number of amides is 1. The highest BCUT2D eigenvalue weighted by molar-refractivity contribution is 5.99. The summed E-state index contributed by atoms with van der Waals surface area (Å²) < 4.78 is 6.00. The molecule has 0 saturated carbocycles. The van der Waals surface area contributed by atoms with Crippen molar-refractivity contribution in [3.05, 3.63) is 148 Å². The summed E-state index contributed by atoms with van der Waals surface area (Å²) >= 11 is 0. The molecule has 1 heterocycles. The Morgan fingerprint density at radius 1 is 0.750 bits per heavy atom. The van der Waals surface area contributed by atoms with Crippen molar-refractivity contribution in [2.24, 2.45) is 0 Å². The maximum atomic E-state index is 14.4. The van der Waals surface area contributed by atoms with Crippen LogP contribution in [-0.2, 0) is 4.79 Å². The Morgan fingerprint density at radius 3 is 2.18 bits per heavy atom. The van der Waals surface area contributed by atoms with Crippen LogP contribution < -0.4 is 21.4 Å². The molecule has 0 bridgehead atoms. The molecule has 0 fully saturated rings. The molecule has 1 aromatic heterocycles. The van der Waals surface area contributed by atoms with E-state index in [1.54, 1.807) is 6.07 Å². The van der Waals surface area contributed by atoms with Gasteiger partial charge in [0, 0.05) is 29.2 Å². The molecule has 2 atom stereocenters. The van der Waals surface area contributed by atoms with Crippen LogP contribution in [0.4, 0.5) is 17.1 Å². The molecule has 2 unspecified atom stereocenters. The van der Waals surface area contributed by atoms with Gasteiger partial charge in [0.25, 0.3) is 0 Å². The first-order valence-corrected chi connectivity index (χ1v) is 14.8. The second-order valence-corrected chi connectivity index (χ2v) is 11.3. The fraction of sp³-hybridized carbons (Fsp3) is 0.158. The van der Waals surface area contributed by atoms with Gasteiger partial charge in [0.1, 0.15) is 5.58 Å². The summed E-state index contributed by atoms with van der Waals surface area (Å²) in [6.45, 7) is 6.35. The maximum absolute atomic E-state index is 14.4. The quantitative estimate of drug-likeness (QED) is 0.160. The lowest BCUT2D eigenvalue weighted by Crippen LogP contribution is -2.42. The lowest BCUT2D eigenvalue weighted by atomic mass is 9.89. The van der Waals surface area contributed by atoms with Crippen LogP contribution in [-0.4, -0.2) is 18.5 Å². The van der Waals surface area contributed by atoms with Crippen LogP contribution in [0.25, 0.3) is 21.7 Å². The highest BCUT2D eigenvalue weighted by Crippen LogP contribution is 2.28. The van der Waals surface area contributed by atoms with Gasteiger partial charge in [0.05, 0.1) is 23.6 Å². The zero-order chi connectivity index (χ0) is 30.6. The van der Waals surface area contributed by atoms with E-state index in [2.05, 4.69) is 16.0 Å². The highest BCUT2D eigenvalue weighted by Gasteiger charge is 2.34. The monoisotopic (exact) mass is 581 g/mol. The number of nitrogens with one attached hydrogen (secondary N) is 3. The SMILES string of the molecule is Cc1ccc2occ(C(C(=O)Nc3ccc4ccccc4c3)C(CNc3ccccc3C)Nc3ccccc3C)c(=O)c2c1. The molecule has 0 aliphatic carbocycles. The number of anilines is 3. The Hall–Kier alpha value is -5.36. The van der Waals surface area contributed by atoms with Crippen LogP contribution in [0.15, 0.2) is 125 Å². The van der Waals surface area contributed by atoms with E-state index in [0.717, 1.165) is 38.8 Å². The van der Waals surface area contributed by atoms with Crippen molar-refractivity contribution in [1.82, 2.24) is 0 Å². The van der Waals surface area contributed by atoms with Crippen molar-refractivity contribution in [2.75, 3.05) is 22.5 Å². The molecule has 6 nitrogen and oxygen atoms in total. The molecule has 0 spiro atoms. The predicted octanol–water partition coefficient (Wildman–Crippen LogP) is 8.19. The van der Waals surface area contributed by atoms with Crippen LogP contribution in [0.3, 0.4) is 0 Å². The molecule has 0 saturated heterocycles. The second-order valence-electron chi connectivity index (χ2n) is 11.3. The van der Waals surface area contributed by atoms with E-state index in [-0.39, 0.29) is 11.3 Å². The summed E-state index contributed by atoms with van der Waals surface area (Å²) in [7, 11) is 0. The molecular weight excluding hydrogens is 546 g/mol. The number of rotatable bonds is 9. The van der Waals surface area contributed by atoms with E-state index < -0.39 is 12.0 Å². The minimum Gasteiger partial charge on any atom is -0.464 e. The lowest BCUT2D eigenvalue weighted by molar-refractivity contribution is -0.117. The summed E-state index contributed by atoms with van der Waals surface area (Å²) in [4.78, 5) is 28.6. The van der Waals surface area contributed by atoms with Gasteiger partial charge in [-0.3, -0.25) is 9.59 Å². The summed E-state index contributed by atoms with van der Waals surface area (Å²) in [5, 5.41) is 12.8. The van der Waals surface area contributed by atoms with Crippen LogP contribution >= 0.6 is 0 Å². The Balaban J connectivity index is 1.46. The predicted molar refractivity (Wildman–Crippen MR) is 181 cm³/mol. The van der Waals surface area contributed by atoms with Crippen LogP contribution in [0.2, 0.25) is 0 Å². The summed E-state index contributed by atoms with van der Waals surface area (Å²) in [6, 6.07) is 34.8. The third kappa shape index (κ3) is 6.06. The molecular formula is C38H35N3O3. The number of benzene rings is 5. The average molecular weight is 582 g/mol. The van der Waals surface area contributed by atoms with E-state index in [4.69, 9.17) is 4.42 Å². The maximum Gasteiger partial charge on any atom is 0.234 e. The highest BCUT2D eigenvalue weighted by atomic mass is 16.3. The van der Waals surface area contributed by atoms with E-state index in [0.29, 0.717) is 28.8 Å². The van der Waals surface area contributed by atoms with Gasteiger partial charge in [-0.2, -0.15) is 0 Å². The third-order valence-corrected chi connectivity index (χ3v) is 8.14. The fourth-order valence-electron chi connectivity index (χ4n) is 5.68. The summed E-state index contributed by atoms with van der Waals surface area (Å²) in [5.41, 5.74) is 6.10. The Kier molecular flexibility index (Phi) is 8.15. The third-order valence-electron chi connectivity index (χ3n) is 8.14. The van der Waals surface area contributed by atoms with Crippen LogP contribution in [0.5, 0.6) is 0 Å². The van der Waals surface area contributed by atoms with Crippen molar-refractivity contribution in [3.63, 3.8) is 0 Å². The molecule has 0 aliphatic rings. The smallest absolute Gasteiger partial charge is 0.234 e. The average Bonchev–Trinajstić information content (AvgIpc) is 3.03. The molecule has 44 heavy (non-hydrogen) atoms. The molecule has 6 aromatic rings. The molecule has 0 aliphatic heterocycles. The van der Waals surface area contributed by atoms with Gasteiger partial charge in [-0.15, -0.1) is 0 Å². The fourth-order valence-corrected chi connectivity index (χ4v) is 5.68. The molecule has 6 rings (SSSR count). The van der Waals surface area contributed by atoms with Gasteiger partial charge in [-0.1, -0.05) is 78.4 Å². The molecule has 1 amide bonds. The minimum atomic E-state index is -0.904. The standard InChI is InChI=1S/C38H35N3O3/c1-24-16-19-35-30(20-24)37(42)31(23-44-35)36(38(43)40-29-18-17-27-12-6-7-13-28(27)21-29)34(41-33-15-9-5-11-26(33)3)22-39-32-14-8-4-10-25(32)2/h4-21,23,34,36,39,41H,22H2,1-3H3,(H,40,43). The van der Waals surface area contributed by atoms with E-state index in [9.17, 15) is 9.59 Å². The zero-order valence-corrected chi connectivity index (χ0v) is 25.1. The first-order valence-electron chi connectivity index (χ1n) is 14.8. The molecule has 6 heteroatoms. The van der Waals surface area contributed by atoms with Crippen molar-refractivity contribution in [2.45, 2.75) is 32.7 Å². The number of aryl methyl sites for hydroxylation is 3. The number of carbonyl (C=O) groups is 1. The summed E-state index contributed by atoms with van der Waals surface area (Å²) in [6.07, 6.45) is 1.45. The summed E-state index contributed by atoms with van der Waals surface area (Å²) in [5.74, 6) is -1.21. The number of para-hydroxylation sites is 2. The van der Waals surface area contributed by atoms with Crippen molar-refractivity contribution in [1.29, 1.82) is 0 Å². The van der Waals surface area contributed by atoms with Gasteiger partial charge in [-0.05, 0) is 79.1 Å². The van der Waals surface area contributed by atoms with E-state index in [1.807, 2.05) is 124 Å². The number of hydrogen-bond donors (Lipinski definition) is 3. The number of carbonyl (C=O) groups excluding carboxylic acids is 1. The second kappa shape index (κ2) is 12.5. The largest absolute Gasteiger partial charge is 0.464 e. The van der Waals surface area contributed by atoms with Gasteiger partial charge in [0.15, 0.2) is 5.43 Å². The first-order chi connectivity index (χ1) is 21.4. The van der Waals surface area contributed by atoms with Gasteiger partial charge in [0.2, 0.25) is 5.91 Å². The number of fused-ring (bicyclic) bond motifs is 2. The zero-order valence-electron chi connectivity index (χ0n) is 25.1. The Morgan fingerprint density at radius 2 is 1.43 bits per heavy atom. The Bertz CT molecular complexity index is 2030. The minimum absolute atomic E-state index is 0.221. The van der Waals surface area contributed by atoms with Crippen LogP contribution in [0, 0.1) is 20.8 Å². The molecule has 220 valence electrons. The van der Waals surface area contributed by atoms with Gasteiger partial charge in [-0.25, -0.2) is 0 Å². The van der Waals surface area contributed by atoms with Crippen molar-refractivity contribution < 1.29 is 9.21 Å². The topological polar surface area (TPSA) is 83.4 Å². The van der Waals surface area contributed by atoms with Gasteiger partial charge < -0.3 is 20.4 Å². The number of hydrogen-bond acceptors (Lipinski definition) is 5. The normalized spacial score (nSPS) is 12.5. The van der Waals surface area contributed by atoms with E-state index in [1.165, 1.54) is 6.26 Å². The Labute approximate surface area is 256 Å². The molecule has 5 aromatic carbocycles. The van der Waals surface area contributed by atoms with E-state index >= 15 is 0 Å². The molecule has 3 N–H and O–H groups in total. The van der Waals surface area contributed by atoms with Gasteiger partial charge >= 0.3 is 0 Å². The van der Waals surface area contributed by atoms with Crippen molar-refractivity contribution in [3.8, 4) is 0 Å².